The van der Waals surface area contributed by atoms with E-state index in [0.29, 0.717) is 27.7 Å². The molecule has 1 aromatic heterocycles. The van der Waals surface area contributed by atoms with E-state index in [0.717, 1.165) is 5.56 Å². The SMILES string of the molecule is COc1ccc(Cl)cc1NC(=O)c1cc(-c2ccc(F)c(C)c2)n(C)n1. The first-order chi connectivity index (χ1) is 12.4. The van der Waals surface area contributed by atoms with Gasteiger partial charge in [-0.2, -0.15) is 5.10 Å². The molecule has 0 saturated heterocycles. The van der Waals surface area contributed by atoms with Crippen molar-refractivity contribution < 1.29 is 13.9 Å². The molecule has 3 rings (SSSR count). The first-order valence-electron chi connectivity index (χ1n) is 7.84. The lowest BCUT2D eigenvalue weighted by Crippen LogP contribution is -2.13. The highest BCUT2D eigenvalue weighted by molar-refractivity contribution is 6.31. The maximum absolute atomic E-state index is 13.5. The van der Waals surface area contributed by atoms with Crippen LogP contribution in [0, 0.1) is 12.7 Å². The van der Waals surface area contributed by atoms with Gasteiger partial charge in [0.25, 0.3) is 5.91 Å². The third kappa shape index (κ3) is 3.55. The summed E-state index contributed by atoms with van der Waals surface area (Å²) in [5.41, 5.74) is 2.69. The number of anilines is 1. The summed E-state index contributed by atoms with van der Waals surface area (Å²) in [5.74, 6) is -0.179. The Kier molecular flexibility index (Phi) is 4.95. The summed E-state index contributed by atoms with van der Waals surface area (Å²) in [5, 5.41) is 7.47. The van der Waals surface area contributed by atoms with Crippen molar-refractivity contribution in [3.63, 3.8) is 0 Å². The van der Waals surface area contributed by atoms with Crippen LogP contribution >= 0.6 is 11.6 Å². The molecule has 2 aromatic carbocycles. The van der Waals surface area contributed by atoms with Gasteiger partial charge in [-0.15, -0.1) is 0 Å². The molecule has 1 amide bonds. The predicted octanol–water partition coefficient (Wildman–Crippen LogP) is 4.45. The Labute approximate surface area is 155 Å². The van der Waals surface area contributed by atoms with E-state index in [1.165, 1.54) is 13.2 Å². The Morgan fingerprint density at radius 2 is 2.00 bits per heavy atom. The molecule has 0 spiro atoms. The van der Waals surface area contributed by atoms with Gasteiger partial charge in [0.15, 0.2) is 5.69 Å². The maximum Gasteiger partial charge on any atom is 0.276 e. The van der Waals surface area contributed by atoms with Crippen LogP contribution in [0.4, 0.5) is 10.1 Å². The highest BCUT2D eigenvalue weighted by atomic mass is 35.5. The lowest BCUT2D eigenvalue weighted by Gasteiger charge is -2.09. The van der Waals surface area contributed by atoms with Crippen LogP contribution in [-0.4, -0.2) is 22.8 Å². The van der Waals surface area contributed by atoms with Crippen LogP contribution in [0.5, 0.6) is 5.75 Å². The molecular weight excluding hydrogens is 357 g/mol. The molecule has 0 atom stereocenters. The Bertz CT molecular complexity index is 985. The number of carbonyl (C=O) groups excluding carboxylic acids is 1. The number of aryl methyl sites for hydroxylation is 2. The Balaban J connectivity index is 1.90. The lowest BCUT2D eigenvalue weighted by atomic mass is 10.1. The van der Waals surface area contributed by atoms with Crippen molar-refractivity contribution in [1.29, 1.82) is 0 Å². The van der Waals surface area contributed by atoms with E-state index in [2.05, 4.69) is 10.4 Å². The number of methoxy groups -OCH3 is 1. The molecule has 0 bridgehead atoms. The number of amides is 1. The van der Waals surface area contributed by atoms with Crippen molar-refractivity contribution >= 4 is 23.2 Å². The third-order valence-corrected chi connectivity index (χ3v) is 4.21. The van der Waals surface area contributed by atoms with E-state index >= 15 is 0 Å². The predicted molar refractivity (Wildman–Crippen MR) is 99.3 cm³/mol. The molecule has 0 aliphatic heterocycles. The average molecular weight is 374 g/mol. The summed E-state index contributed by atoms with van der Waals surface area (Å²) in [6.45, 7) is 1.69. The fourth-order valence-corrected chi connectivity index (χ4v) is 2.79. The molecule has 134 valence electrons. The van der Waals surface area contributed by atoms with Crippen LogP contribution in [0.3, 0.4) is 0 Å². The maximum atomic E-state index is 13.5. The van der Waals surface area contributed by atoms with Crippen LogP contribution in [0.2, 0.25) is 5.02 Å². The summed E-state index contributed by atoms with van der Waals surface area (Å²) in [6.07, 6.45) is 0. The van der Waals surface area contributed by atoms with Crippen LogP contribution in [0.25, 0.3) is 11.3 Å². The number of nitrogens with zero attached hydrogens (tertiary/aromatic N) is 2. The van der Waals surface area contributed by atoms with Crippen molar-refractivity contribution in [2.45, 2.75) is 6.92 Å². The van der Waals surface area contributed by atoms with Gasteiger partial charge < -0.3 is 10.1 Å². The summed E-state index contributed by atoms with van der Waals surface area (Å²) < 4.78 is 20.3. The highest BCUT2D eigenvalue weighted by Gasteiger charge is 2.16. The van der Waals surface area contributed by atoms with Crippen molar-refractivity contribution in [3.8, 4) is 17.0 Å². The third-order valence-electron chi connectivity index (χ3n) is 3.98. The molecular formula is C19H17ClFN3O2. The normalized spacial score (nSPS) is 10.7. The number of nitrogens with one attached hydrogen (secondary N) is 1. The minimum Gasteiger partial charge on any atom is -0.495 e. The van der Waals surface area contributed by atoms with Gasteiger partial charge >= 0.3 is 0 Å². The molecule has 5 nitrogen and oxygen atoms in total. The van der Waals surface area contributed by atoms with Crippen molar-refractivity contribution in [2.75, 3.05) is 12.4 Å². The van der Waals surface area contributed by atoms with E-state index in [9.17, 15) is 9.18 Å². The topological polar surface area (TPSA) is 56.1 Å². The van der Waals surface area contributed by atoms with Crippen LogP contribution in [0.15, 0.2) is 42.5 Å². The monoisotopic (exact) mass is 373 g/mol. The number of hydrogen-bond acceptors (Lipinski definition) is 3. The quantitative estimate of drug-likeness (QED) is 0.735. The molecule has 0 aliphatic carbocycles. The minimum absolute atomic E-state index is 0.228. The molecule has 0 saturated carbocycles. The molecule has 3 aromatic rings. The molecule has 0 unspecified atom stereocenters. The van der Waals surface area contributed by atoms with E-state index in [-0.39, 0.29) is 11.5 Å². The molecule has 26 heavy (non-hydrogen) atoms. The smallest absolute Gasteiger partial charge is 0.276 e. The van der Waals surface area contributed by atoms with Crippen molar-refractivity contribution in [1.82, 2.24) is 9.78 Å². The summed E-state index contributed by atoms with van der Waals surface area (Å²) >= 11 is 5.98. The van der Waals surface area contributed by atoms with Crippen molar-refractivity contribution in [3.05, 3.63) is 64.6 Å². The minimum atomic E-state index is -0.397. The van der Waals surface area contributed by atoms with E-state index < -0.39 is 5.91 Å². The Morgan fingerprint density at radius 1 is 1.23 bits per heavy atom. The second kappa shape index (κ2) is 7.17. The molecule has 1 N–H and O–H groups in total. The number of ether oxygens (including phenoxy) is 1. The van der Waals surface area contributed by atoms with Gasteiger partial charge in [-0.1, -0.05) is 11.6 Å². The van der Waals surface area contributed by atoms with Gasteiger partial charge in [0.1, 0.15) is 11.6 Å². The second-order valence-electron chi connectivity index (χ2n) is 5.80. The largest absolute Gasteiger partial charge is 0.495 e. The van der Waals surface area contributed by atoms with Gasteiger partial charge in [0, 0.05) is 17.6 Å². The number of benzene rings is 2. The Hall–Kier alpha value is -2.86. The Morgan fingerprint density at radius 3 is 2.69 bits per heavy atom. The summed E-state index contributed by atoms with van der Waals surface area (Å²) in [4.78, 5) is 12.6. The number of rotatable bonds is 4. The molecule has 0 aliphatic rings. The van der Waals surface area contributed by atoms with Gasteiger partial charge in [0.05, 0.1) is 18.5 Å². The summed E-state index contributed by atoms with van der Waals surface area (Å²) in [6, 6.07) is 11.4. The molecule has 7 heteroatoms. The number of hydrogen-bond donors (Lipinski definition) is 1. The summed E-state index contributed by atoms with van der Waals surface area (Å²) in [7, 11) is 3.24. The van der Waals surface area contributed by atoms with Gasteiger partial charge in [0.2, 0.25) is 0 Å². The fourth-order valence-electron chi connectivity index (χ4n) is 2.62. The van der Waals surface area contributed by atoms with Crippen LogP contribution in [0.1, 0.15) is 16.1 Å². The van der Waals surface area contributed by atoms with Crippen LogP contribution in [-0.2, 0) is 7.05 Å². The molecule has 0 fully saturated rings. The highest BCUT2D eigenvalue weighted by Crippen LogP contribution is 2.28. The molecule has 0 radical (unpaired) electrons. The average Bonchev–Trinajstić information content (AvgIpc) is 2.99. The van der Waals surface area contributed by atoms with E-state index in [1.54, 1.807) is 55.1 Å². The van der Waals surface area contributed by atoms with Crippen LogP contribution < -0.4 is 10.1 Å². The zero-order valence-electron chi connectivity index (χ0n) is 14.5. The first kappa shape index (κ1) is 17.9. The molecule has 1 heterocycles. The number of carbonyl (C=O) groups is 1. The number of aromatic nitrogens is 2. The number of halogens is 2. The first-order valence-corrected chi connectivity index (χ1v) is 8.22. The van der Waals surface area contributed by atoms with Gasteiger partial charge in [-0.25, -0.2) is 4.39 Å². The fraction of sp³-hybridized carbons (Fsp3) is 0.158. The van der Waals surface area contributed by atoms with E-state index in [1.807, 2.05) is 0 Å². The lowest BCUT2D eigenvalue weighted by molar-refractivity contribution is 0.102. The zero-order chi connectivity index (χ0) is 18.8. The van der Waals surface area contributed by atoms with Crippen molar-refractivity contribution in [2.24, 2.45) is 7.05 Å². The van der Waals surface area contributed by atoms with Gasteiger partial charge in [-0.3, -0.25) is 9.48 Å². The van der Waals surface area contributed by atoms with E-state index in [4.69, 9.17) is 16.3 Å². The van der Waals surface area contributed by atoms with Gasteiger partial charge in [-0.05, 0) is 55.0 Å². The zero-order valence-corrected chi connectivity index (χ0v) is 15.3. The standard InChI is InChI=1S/C19H17ClFN3O2/c1-11-8-12(4-6-14(11)21)17-10-16(23-24(17)2)19(25)22-15-9-13(20)5-7-18(15)26-3/h4-10H,1-3H3,(H,22,25). The second-order valence-corrected chi connectivity index (χ2v) is 6.24.